The molecule has 0 fully saturated rings. The summed E-state index contributed by atoms with van der Waals surface area (Å²) in [4.78, 5) is 44.5. The van der Waals surface area contributed by atoms with Gasteiger partial charge in [-0.3, -0.25) is 4.79 Å². The maximum absolute atomic E-state index is 12.6. The van der Waals surface area contributed by atoms with Gasteiger partial charge >= 0.3 is 11.9 Å². The van der Waals surface area contributed by atoms with E-state index in [0.717, 1.165) is 22.5 Å². The molecule has 3 rings (SSSR count). The first-order valence-electron chi connectivity index (χ1n) is 9.68. The second kappa shape index (κ2) is 11.7. The molecule has 0 bridgehead atoms. The highest BCUT2D eigenvalue weighted by molar-refractivity contribution is 7.14. The fourth-order valence-corrected chi connectivity index (χ4v) is 3.46. The lowest BCUT2D eigenvalue weighted by atomic mass is 10.0. The first-order valence-corrected chi connectivity index (χ1v) is 11.1. The summed E-state index contributed by atoms with van der Waals surface area (Å²) >= 11 is 6.39. The first kappa shape index (κ1) is 24.6. The van der Waals surface area contributed by atoms with Gasteiger partial charge in [-0.05, 0) is 17.7 Å². The molecule has 2 aromatic carbocycles. The van der Waals surface area contributed by atoms with Gasteiger partial charge in [0.2, 0.25) is 17.4 Å². The number of thiazole rings is 1. The molecule has 1 heterocycles. The molecule has 0 aliphatic carbocycles. The maximum atomic E-state index is 12.6. The highest BCUT2D eigenvalue weighted by Gasteiger charge is 2.23. The average molecular weight is 500 g/mol. The number of carboxylic acids is 1. The third kappa shape index (κ3) is 6.50. The first-order chi connectivity index (χ1) is 16.4. The second-order valence-electron chi connectivity index (χ2n) is 6.59. The van der Waals surface area contributed by atoms with Crippen molar-refractivity contribution >= 4 is 51.6 Å². The van der Waals surface area contributed by atoms with Gasteiger partial charge in [-0.15, -0.1) is 22.9 Å². The van der Waals surface area contributed by atoms with Gasteiger partial charge in [0, 0.05) is 5.38 Å². The molecule has 0 saturated carbocycles. The van der Waals surface area contributed by atoms with Crippen molar-refractivity contribution in [2.24, 2.45) is 5.16 Å². The standard InChI is InChI=1S/C23H18ClN3O6S/c1-14(33-27-19(21(29)30)17-13-34-23(25-17)26-18(28)12-24)22(31)32-20(15-8-4-2-5-9-15)16-10-6-3-7-11-16/h2-11,13,20H,1,12H2,(H,29,30)(H,25,26,28). The Morgan fingerprint density at radius 1 is 1.09 bits per heavy atom. The average Bonchev–Trinajstić information content (AvgIpc) is 3.30. The number of benzene rings is 2. The van der Waals surface area contributed by atoms with E-state index >= 15 is 0 Å². The predicted octanol–water partition coefficient (Wildman–Crippen LogP) is 3.97. The van der Waals surface area contributed by atoms with Gasteiger partial charge in [-0.2, -0.15) is 0 Å². The van der Waals surface area contributed by atoms with Crippen LogP contribution in [-0.4, -0.2) is 39.5 Å². The van der Waals surface area contributed by atoms with E-state index in [4.69, 9.17) is 21.2 Å². The molecule has 2 N–H and O–H groups in total. The lowest BCUT2D eigenvalue weighted by molar-refractivity contribution is -0.147. The zero-order valence-corrected chi connectivity index (χ0v) is 19.1. The molecule has 0 aliphatic heterocycles. The summed E-state index contributed by atoms with van der Waals surface area (Å²) in [6.45, 7) is 3.49. The molecule has 1 amide bonds. The Bertz CT molecular complexity index is 1170. The summed E-state index contributed by atoms with van der Waals surface area (Å²) < 4.78 is 5.59. The highest BCUT2D eigenvalue weighted by atomic mass is 35.5. The van der Waals surface area contributed by atoms with Crippen LogP contribution in [0.1, 0.15) is 22.9 Å². The van der Waals surface area contributed by atoms with Crippen molar-refractivity contribution < 1.29 is 29.1 Å². The number of esters is 1. The Labute approximate surface area is 203 Å². The molecule has 174 valence electrons. The molecule has 1 aromatic heterocycles. The number of nitrogens with zero attached hydrogens (tertiary/aromatic N) is 2. The lowest BCUT2D eigenvalue weighted by Crippen LogP contribution is -2.18. The van der Waals surface area contributed by atoms with Crippen molar-refractivity contribution in [3.05, 3.63) is 95.2 Å². The van der Waals surface area contributed by atoms with Gasteiger partial charge in [0.15, 0.2) is 11.2 Å². The van der Waals surface area contributed by atoms with Crippen LogP contribution in [-0.2, 0) is 24.0 Å². The second-order valence-corrected chi connectivity index (χ2v) is 7.71. The largest absolute Gasteiger partial charge is 0.476 e. The molecule has 9 nitrogen and oxygen atoms in total. The van der Waals surface area contributed by atoms with Crippen molar-refractivity contribution in [1.29, 1.82) is 0 Å². The number of oxime groups is 1. The number of amides is 1. The third-order valence-electron chi connectivity index (χ3n) is 4.22. The van der Waals surface area contributed by atoms with E-state index in [-0.39, 0.29) is 16.7 Å². The van der Waals surface area contributed by atoms with E-state index in [0.29, 0.717) is 0 Å². The number of rotatable bonds is 10. The number of hydrogen-bond acceptors (Lipinski definition) is 8. The minimum absolute atomic E-state index is 0.0880. The Morgan fingerprint density at radius 2 is 1.68 bits per heavy atom. The van der Waals surface area contributed by atoms with Crippen molar-refractivity contribution in [2.45, 2.75) is 6.10 Å². The van der Waals surface area contributed by atoms with Gasteiger partial charge < -0.3 is 20.0 Å². The van der Waals surface area contributed by atoms with Gasteiger partial charge in [0.25, 0.3) is 0 Å². The number of carbonyl (C=O) groups excluding carboxylic acids is 2. The molecular weight excluding hydrogens is 482 g/mol. The molecule has 34 heavy (non-hydrogen) atoms. The Hall–Kier alpha value is -4.02. The number of anilines is 1. The van der Waals surface area contributed by atoms with Gasteiger partial charge in [0.1, 0.15) is 11.6 Å². The van der Waals surface area contributed by atoms with Gasteiger partial charge in [-0.1, -0.05) is 65.8 Å². The van der Waals surface area contributed by atoms with Crippen LogP contribution in [0.5, 0.6) is 0 Å². The quantitative estimate of drug-likeness (QED) is 0.108. The molecule has 0 aliphatic rings. The maximum Gasteiger partial charge on any atom is 0.377 e. The summed E-state index contributed by atoms with van der Waals surface area (Å²) in [6.07, 6.45) is -0.746. The summed E-state index contributed by atoms with van der Waals surface area (Å²) in [5, 5.41) is 16.8. The molecular formula is C23H18ClN3O6S. The fraction of sp³-hybridized carbons (Fsp3) is 0.0870. The summed E-state index contributed by atoms with van der Waals surface area (Å²) in [5.41, 5.74) is 0.756. The number of hydrogen-bond donors (Lipinski definition) is 2. The minimum atomic E-state index is -1.46. The number of halogens is 1. The van der Waals surface area contributed by atoms with E-state index in [1.165, 1.54) is 5.38 Å². The van der Waals surface area contributed by atoms with Crippen molar-refractivity contribution in [1.82, 2.24) is 4.98 Å². The number of alkyl halides is 1. The minimum Gasteiger partial charge on any atom is -0.476 e. The van der Waals surface area contributed by atoms with Crippen LogP contribution < -0.4 is 5.32 Å². The smallest absolute Gasteiger partial charge is 0.377 e. The van der Waals surface area contributed by atoms with Crippen LogP contribution in [0, 0.1) is 0 Å². The highest BCUT2D eigenvalue weighted by Crippen LogP contribution is 2.27. The van der Waals surface area contributed by atoms with Crippen molar-refractivity contribution in [3.8, 4) is 0 Å². The third-order valence-corrected chi connectivity index (χ3v) is 5.22. The number of aromatic nitrogens is 1. The molecule has 0 atom stereocenters. The lowest BCUT2D eigenvalue weighted by Gasteiger charge is -2.18. The SMILES string of the molecule is C=C(ON=C(C(=O)O)c1csc(NC(=O)CCl)n1)C(=O)OC(c1ccccc1)c1ccccc1. The van der Waals surface area contributed by atoms with Gasteiger partial charge in [-0.25, -0.2) is 14.6 Å². The van der Waals surface area contributed by atoms with E-state index < -0.39 is 35.4 Å². The summed E-state index contributed by atoms with van der Waals surface area (Å²) in [6, 6.07) is 18.1. The Morgan fingerprint density at radius 3 is 2.21 bits per heavy atom. The Kier molecular flexibility index (Phi) is 8.49. The number of carbonyl (C=O) groups is 3. The van der Waals surface area contributed by atoms with E-state index in [1.807, 2.05) is 36.4 Å². The molecule has 0 unspecified atom stereocenters. The number of nitrogens with one attached hydrogen (secondary N) is 1. The predicted molar refractivity (Wildman–Crippen MR) is 127 cm³/mol. The zero-order chi connectivity index (χ0) is 24.5. The van der Waals surface area contributed by atoms with Crippen LogP contribution in [0.3, 0.4) is 0 Å². The topological polar surface area (TPSA) is 127 Å². The normalized spacial score (nSPS) is 11.1. The van der Waals surface area contributed by atoms with Crippen LogP contribution in [0.25, 0.3) is 0 Å². The van der Waals surface area contributed by atoms with Crippen LogP contribution >= 0.6 is 22.9 Å². The van der Waals surface area contributed by atoms with Crippen molar-refractivity contribution in [2.75, 3.05) is 11.2 Å². The molecule has 0 radical (unpaired) electrons. The number of carboxylic acid groups (broad SMARTS) is 1. The monoisotopic (exact) mass is 499 g/mol. The summed E-state index contributed by atoms with van der Waals surface area (Å²) in [7, 11) is 0. The van der Waals surface area contributed by atoms with Crippen molar-refractivity contribution in [3.63, 3.8) is 0 Å². The molecule has 11 heteroatoms. The van der Waals surface area contributed by atoms with E-state index in [2.05, 4.69) is 22.0 Å². The number of ether oxygens (including phenoxy) is 1. The van der Waals surface area contributed by atoms with E-state index in [1.54, 1.807) is 24.3 Å². The van der Waals surface area contributed by atoms with Gasteiger partial charge in [0.05, 0.1) is 0 Å². The van der Waals surface area contributed by atoms with E-state index in [9.17, 15) is 19.5 Å². The molecule has 0 spiro atoms. The molecule has 3 aromatic rings. The zero-order valence-electron chi connectivity index (χ0n) is 17.5. The summed E-state index contributed by atoms with van der Waals surface area (Å²) in [5.74, 6) is -3.71. The Balaban J connectivity index is 1.74. The number of aliphatic carboxylic acids is 1. The molecule has 0 saturated heterocycles. The van der Waals surface area contributed by atoms with Crippen LogP contribution in [0.15, 0.2) is 83.5 Å². The fourth-order valence-electron chi connectivity index (χ4n) is 2.68. The van der Waals surface area contributed by atoms with Crippen LogP contribution in [0.2, 0.25) is 0 Å². The van der Waals surface area contributed by atoms with Crippen LogP contribution in [0.4, 0.5) is 5.13 Å².